The number of anilines is 2. The van der Waals surface area contributed by atoms with E-state index in [1.807, 2.05) is 11.9 Å². The normalized spacial score (nSPS) is 24.7. The maximum atomic E-state index is 14.9. The Bertz CT molecular complexity index is 1920. The van der Waals surface area contributed by atoms with Gasteiger partial charge in [0.25, 0.3) is 0 Å². The SMILES string of the molecule is CN(c1nc(OCC23CCCN2CC(F)C3)nc2c(C#N)c(-c3ccc(F)c4sc(N)c(C#N)c34)c(Cl)cc12)C1CC(O)C1. The van der Waals surface area contributed by atoms with Gasteiger partial charge in [-0.25, -0.2) is 8.78 Å². The van der Waals surface area contributed by atoms with Gasteiger partial charge < -0.3 is 20.5 Å². The number of halogens is 3. The smallest absolute Gasteiger partial charge is 0.319 e. The number of benzene rings is 2. The van der Waals surface area contributed by atoms with Gasteiger partial charge in [-0.1, -0.05) is 17.7 Å². The van der Waals surface area contributed by atoms with Gasteiger partial charge in [-0.2, -0.15) is 20.5 Å². The second-order valence-corrected chi connectivity index (χ2v) is 13.4. The summed E-state index contributed by atoms with van der Waals surface area (Å²) in [6.45, 7) is 1.39. The first-order valence-corrected chi connectivity index (χ1v) is 15.6. The molecule has 2 atom stereocenters. The van der Waals surface area contributed by atoms with E-state index in [0.717, 1.165) is 30.7 Å². The van der Waals surface area contributed by atoms with Crippen molar-refractivity contribution in [2.75, 3.05) is 37.4 Å². The van der Waals surface area contributed by atoms with E-state index in [4.69, 9.17) is 32.0 Å². The number of hydrogen-bond donors (Lipinski definition) is 2. The molecule has 2 saturated heterocycles. The van der Waals surface area contributed by atoms with E-state index in [1.54, 1.807) is 6.07 Å². The monoisotopic (exact) mass is 635 g/mol. The molecular weight excluding hydrogens is 608 g/mol. The van der Waals surface area contributed by atoms with Crippen molar-refractivity contribution in [3.63, 3.8) is 0 Å². The zero-order valence-electron chi connectivity index (χ0n) is 23.8. The largest absolute Gasteiger partial charge is 0.461 e. The summed E-state index contributed by atoms with van der Waals surface area (Å²) < 4.78 is 35.7. The second-order valence-electron chi connectivity index (χ2n) is 12.0. The van der Waals surface area contributed by atoms with Crippen LogP contribution in [0.4, 0.5) is 19.6 Å². The molecule has 3 aliphatic rings. The van der Waals surface area contributed by atoms with E-state index in [9.17, 15) is 24.4 Å². The van der Waals surface area contributed by atoms with Crippen molar-refractivity contribution in [2.24, 2.45) is 0 Å². The molecule has 0 radical (unpaired) electrons. The van der Waals surface area contributed by atoms with Crippen molar-refractivity contribution in [1.82, 2.24) is 14.9 Å². The average Bonchev–Trinajstić information content (AvgIpc) is 3.63. The molecule has 0 bridgehead atoms. The first-order valence-electron chi connectivity index (χ1n) is 14.4. The van der Waals surface area contributed by atoms with Gasteiger partial charge in [-0.05, 0) is 49.9 Å². The maximum Gasteiger partial charge on any atom is 0.319 e. The van der Waals surface area contributed by atoms with E-state index in [2.05, 4.69) is 17.0 Å². The van der Waals surface area contributed by atoms with Crippen LogP contribution in [0.2, 0.25) is 5.02 Å². The number of thiophene rings is 1. The van der Waals surface area contributed by atoms with Crippen LogP contribution in [0.25, 0.3) is 32.1 Å². The molecule has 7 rings (SSSR count). The van der Waals surface area contributed by atoms with E-state index < -0.39 is 23.6 Å². The summed E-state index contributed by atoms with van der Waals surface area (Å²) in [5.74, 6) is -0.0612. The second kappa shape index (κ2) is 10.7. The number of fused-ring (bicyclic) bond motifs is 3. The van der Waals surface area contributed by atoms with E-state index in [1.165, 1.54) is 12.1 Å². The van der Waals surface area contributed by atoms with Crippen molar-refractivity contribution < 1.29 is 18.6 Å². The van der Waals surface area contributed by atoms with Crippen molar-refractivity contribution >= 4 is 54.7 Å². The van der Waals surface area contributed by atoms with Crippen molar-refractivity contribution in [3.8, 4) is 29.3 Å². The molecule has 4 heterocycles. The Morgan fingerprint density at radius 1 is 1.27 bits per heavy atom. The van der Waals surface area contributed by atoms with E-state index in [-0.39, 0.29) is 61.0 Å². The molecule has 226 valence electrons. The Hall–Kier alpha value is -3.81. The van der Waals surface area contributed by atoms with Crippen LogP contribution in [-0.4, -0.2) is 70.6 Å². The third-order valence-corrected chi connectivity index (χ3v) is 10.7. The molecule has 4 aromatic rings. The summed E-state index contributed by atoms with van der Waals surface area (Å²) in [6, 6.07) is 8.76. The number of hydrogen-bond acceptors (Lipinski definition) is 10. The highest BCUT2D eigenvalue weighted by Crippen LogP contribution is 2.47. The third-order valence-electron chi connectivity index (χ3n) is 9.41. The Morgan fingerprint density at radius 3 is 2.77 bits per heavy atom. The number of nitrogens with zero attached hydrogens (tertiary/aromatic N) is 6. The number of nitrogens with two attached hydrogens (primary N) is 1. The minimum atomic E-state index is -0.921. The van der Waals surface area contributed by atoms with Crippen molar-refractivity contribution in [3.05, 3.63) is 40.2 Å². The van der Waals surface area contributed by atoms with Gasteiger partial charge >= 0.3 is 6.01 Å². The molecule has 2 aromatic carbocycles. The number of aliphatic hydroxyl groups is 1. The molecule has 1 aliphatic carbocycles. The zero-order chi connectivity index (χ0) is 30.9. The van der Waals surface area contributed by atoms with Crippen LogP contribution in [-0.2, 0) is 0 Å². The molecular formula is C31H28ClF2N7O2S. The lowest BCUT2D eigenvalue weighted by Gasteiger charge is -2.39. The quantitative estimate of drug-likeness (QED) is 0.280. The number of aromatic nitrogens is 2. The number of alkyl halides is 1. The van der Waals surface area contributed by atoms with Crippen LogP contribution in [0.15, 0.2) is 18.2 Å². The Morgan fingerprint density at radius 2 is 2.05 bits per heavy atom. The van der Waals surface area contributed by atoms with Gasteiger partial charge in [-0.15, -0.1) is 11.3 Å². The summed E-state index contributed by atoms with van der Waals surface area (Å²) in [7, 11) is 1.86. The molecule has 2 aliphatic heterocycles. The predicted molar refractivity (Wildman–Crippen MR) is 165 cm³/mol. The lowest BCUT2D eigenvalue weighted by atomic mass is 9.88. The van der Waals surface area contributed by atoms with E-state index >= 15 is 0 Å². The maximum absolute atomic E-state index is 14.9. The van der Waals surface area contributed by atoms with Crippen LogP contribution in [0.5, 0.6) is 6.01 Å². The van der Waals surface area contributed by atoms with Gasteiger partial charge in [0, 0.05) is 42.4 Å². The summed E-state index contributed by atoms with van der Waals surface area (Å²) in [4.78, 5) is 13.5. The molecule has 3 N–H and O–H groups in total. The van der Waals surface area contributed by atoms with Crippen LogP contribution in [0, 0.1) is 28.5 Å². The molecule has 13 heteroatoms. The van der Waals surface area contributed by atoms with Crippen molar-refractivity contribution in [2.45, 2.75) is 56.0 Å². The number of ether oxygens (including phenoxy) is 1. The summed E-state index contributed by atoms with van der Waals surface area (Å²) in [6.07, 6.45) is 1.91. The summed E-state index contributed by atoms with van der Waals surface area (Å²) in [5, 5.41) is 31.6. The number of aliphatic hydroxyl groups excluding tert-OH is 1. The minimum Gasteiger partial charge on any atom is -0.461 e. The number of nitriles is 2. The van der Waals surface area contributed by atoms with Gasteiger partial charge in [0.2, 0.25) is 0 Å². The molecule has 0 amide bonds. The molecule has 2 unspecified atom stereocenters. The van der Waals surface area contributed by atoms with Crippen LogP contribution in [0.1, 0.15) is 43.2 Å². The third kappa shape index (κ3) is 4.43. The predicted octanol–water partition coefficient (Wildman–Crippen LogP) is 5.54. The molecule has 9 nitrogen and oxygen atoms in total. The molecule has 0 spiro atoms. The molecule has 1 saturated carbocycles. The Labute approximate surface area is 261 Å². The standard InChI is InChI=1S/C31H28ClF2N7O2S/c1-40(16-7-17(42)8-16)29-19-9-22(32)24(18-3-4-23(34)27-25(18)21(12-36)28(37)44-27)20(11-35)26(19)38-30(39-29)43-14-31-5-2-6-41(31)13-15(33)10-31/h3-4,9,15-17,42H,2,5-8,10,13-14,37H2,1H3. The van der Waals surface area contributed by atoms with E-state index in [0.29, 0.717) is 42.6 Å². The fourth-order valence-electron chi connectivity index (χ4n) is 7.11. The summed E-state index contributed by atoms with van der Waals surface area (Å²) in [5.41, 5.74) is 6.81. The highest BCUT2D eigenvalue weighted by Gasteiger charge is 2.49. The molecule has 2 aromatic heterocycles. The van der Waals surface area contributed by atoms with Gasteiger partial charge in [0.15, 0.2) is 0 Å². The number of nitrogen functional groups attached to an aromatic ring is 1. The van der Waals surface area contributed by atoms with Crippen LogP contribution < -0.4 is 15.4 Å². The lowest BCUT2D eigenvalue weighted by Crippen LogP contribution is -2.46. The van der Waals surface area contributed by atoms with Crippen LogP contribution >= 0.6 is 22.9 Å². The first-order chi connectivity index (χ1) is 21.1. The molecule has 3 fully saturated rings. The highest BCUT2D eigenvalue weighted by atomic mass is 35.5. The van der Waals surface area contributed by atoms with Crippen LogP contribution in [0.3, 0.4) is 0 Å². The average molecular weight is 636 g/mol. The highest BCUT2D eigenvalue weighted by molar-refractivity contribution is 7.23. The fourth-order valence-corrected chi connectivity index (χ4v) is 8.36. The Kier molecular flexibility index (Phi) is 7.02. The lowest BCUT2D eigenvalue weighted by molar-refractivity contribution is 0.0748. The summed E-state index contributed by atoms with van der Waals surface area (Å²) >= 11 is 7.87. The number of rotatable bonds is 6. The van der Waals surface area contributed by atoms with Crippen molar-refractivity contribution in [1.29, 1.82) is 10.5 Å². The Balaban J connectivity index is 1.42. The first kappa shape index (κ1) is 28.9. The van der Waals surface area contributed by atoms with Gasteiger partial charge in [0.05, 0.1) is 38.0 Å². The van der Waals surface area contributed by atoms with Gasteiger partial charge in [0.1, 0.15) is 41.6 Å². The topological polar surface area (TPSA) is 135 Å². The fraction of sp³-hybridized carbons (Fsp3) is 0.419. The molecule has 44 heavy (non-hydrogen) atoms. The van der Waals surface area contributed by atoms with Gasteiger partial charge in [-0.3, -0.25) is 4.90 Å². The zero-order valence-corrected chi connectivity index (χ0v) is 25.4. The minimum absolute atomic E-state index is 0.00493.